The number of nitrogens with zero attached hydrogens (tertiary/aromatic N) is 2. The van der Waals surface area contributed by atoms with Crippen LogP contribution in [-0.2, 0) is 6.54 Å². The Bertz CT molecular complexity index is 305. The Balaban J connectivity index is 2.63. The summed E-state index contributed by atoms with van der Waals surface area (Å²) in [6.45, 7) is 0.593. The van der Waals surface area contributed by atoms with Gasteiger partial charge in [0.25, 0.3) is 5.56 Å². The van der Waals surface area contributed by atoms with E-state index in [1.165, 1.54) is 6.07 Å². The minimum Gasteiger partial charge on any atom is -0.267 e. The topological polar surface area (TPSA) is 59.0 Å². The summed E-state index contributed by atoms with van der Waals surface area (Å²) < 4.78 is 1.67. The first-order valence-corrected chi connectivity index (χ1v) is 2.94. The van der Waals surface area contributed by atoms with Crippen LogP contribution in [0.1, 0.15) is 5.82 Å². The number of hydrazine groups is 1. The predicted molar refractivity (Wildman–Crippen MR) is 34.7 cm³/mol. The number of rotatable bonds is 0. The van der Waals surface area contributed by atoms with Crippen molar-refractivity contribution in [1.82, 2.24) is 15.1 Å². The monoisotopic (exact) mass is 138 g/mol. The molecule has 0 bridgehead atoms. The van der Waals surface area contributed by atoms with Gasteiger partial charge in [0.15, 0.2) is 0 Å². The second kappa shape index (κ2) is 1.81. The van der Waals surface area contributed by atoms with E-state index in [0.717, 1.165) is 0 Å². The molecule has 0 unspecified atom stereocenters. The largest absolute Gasteiger partial charge is 0.273 e. The average molecular weight is 138 g/mol. The average Bonchev–Trinajstić information content (AvgIpc) is 2.33. The van der Waals surface area contributed by atoms with Crippen LogP contribution in [0, 0.1) is 0 Å². The van der Waals surface area contributed by atoms with E-state index >= 15 is 0 Å². The summed E-state index contributed by atoms with van der Waals surface area (Å²) in [5, 5.41) is 0. The molecule has 0 atom stereocenters. The molecule has 52 valence electrons. The van der Waals surface area contributed by atoms with Crippen LogP contribution < -0.4 is 16.5 Å². The Kier molecular flexibility index (Phi) is 0.983. The van der Waals surface area contributed by atoms with Crippen molar-refractivity contribution in [3.8, 4) is 0 Å². The summed E-state index contributed by atoms with van der Waals surface area (Å²) >= 11 is 0. The molecule has 0 saturated heterocycles. The third-order valence-electron chi connectivity index (χ3n) is 1.33. The van der Waals surface area contributed by atoms with Gasteiger partial charge in [0, 0.05) is 12.3 Å². The van der Waals surface area contributed by atoms with E-state index in [1.54, 1.807) is 10.9 Å². The second-order valence-corrected chi connectivity index (χ2v) is 2.02. The molecule has 0 saturated carbocycles. The van der Waals surface area contributed by atoms with Crippen molar-refractivity contribution in [2.75, 3.05) is 5.53 Å². The van der Waals surface area contributed by atoms with Gasteiger partial charge in [0.2, 0.25) is 0 Å². The highest BCUT2D eigenvalue weighted by Gasteiger charge is 2.06. The fraction of sp³-hybridized carbons (Fsp3) is 0.200. The van der Waals surface area contributed by atoms with Crippen molar-refractivity contribution in [3.05, 3.63) is 28.4 Å². The molecule has 1 aliphatic rings. The van der Waals surface area contributed by atoms with Gasteiger partial charge in [0.05, 0.1) is 6.54 Å². The second-order valence-electron chi connectivity index (χ2n) is 2.02. The predicted octanol–water partition coefficient (Wildman–Crippen LogP) is -1.20. The van der Waals surface area contributed by atoms with Crippen LogP contribution in [-0.4, -0.2) is 9.66 Å². The van der Waals surface area contributed by atoms with Gasteiger partial charge >= 0.3 is 0 Å². The van der Waals surface area contributed by atoms with Gasteiger partial charge in [-0.05, 0) is 0 Å². The van der Waals surface area contributed by atoms with E-state index in [1.807, 2.05) is 0 Å². The number of hydrogen-bond acceptors (Lipinski definition) is 4. The fourth-order valence-electron chi connectivity index (χ4n) is 0.873. The smallest absolute Gasteiger partial charge is 0.267 e. The molecular formula is C5H6N4O. The van der Waals surface area contributed by atoms with Gasteiger partial charge in [-0.15, -0.1) is 0 Å². The molecule has 0 amide bonds. The van der Waals surface area contributed by atoms with Gasteiger partial charge in [-0.1, -0.05) is 0 Å². The molecule has 1 aromatic heterocycles. The minimum atomic E-state index is -0.197. The van der Waals surface area contributed by atoms with Crippen molar-refractivity contribution in [1.29, 1.82) is 0 Å². The SMILES string of the molecule is O=c1ccn2c(n1)CNN2. The molecule has 2 N–H and O–H groups in total. The van der Waals surface area contributed by atoms with Gasteiger partial charge in [-0.25, -0.2) is 10.1 Å². The van der Waals surface area contributed by atoms with Crippen molar-refractivity contribution in [2.24, 2.45) is 0 Å². The first-order valence-electron chi connectivity index (χ1n) is 2.94. The summed E-state index contributed by atoms with van der Waals surface area (Å²) in [5.41, 5.74) is 5.42. The molecule has 0 radical (unpaired) electrons. The van der Waals surface area contributed by atoms with Gasteiger partial charge < -0.3 is 0 Å². The summed E-state index contributed by atoms with van der Waals surface area (Å²) in [4.78, 5) is 14.4. The lowest BCUT2D eigenvalue weighted by Gasteiger charge is -1.98. The lowest BCUT2D eigenvalue weighted by molar-refractivity contribution is 0.804. The fourth-order valence-corrected chi connectivity index (χ4v) is 0.873. The van der Waals surface area contributed by atoms with Gasteiger partial charge in [-0.3, -0.25) is 10.3 Å². The molecular weight excluding hydrogens is 132 g/mol. The lowest BCUT2D eigenvalue weighted by atomic mass is 10.5. The molecule has 0 aliphatic carbocycles. The third-order valence-corrected chi connectivity index (χ3v) is 1.33. The Morgan fingerprint density at radius 3 is 3.50 bits per heavy atom. The Morgan fingerprint density at radius 1 is 1.70 bits per heavy atom. The molecule has 0 fully saturated rings. The van der Waals surface area contributed by atoms with Crippen molar-refractivity contribution in [2.45, 2.75) is 6.54 Å². The maximum atomic E-state index is 10.6. The van der Waals surface area contributed by atoms with E-state index in [0.29, 0.717) is 12.4 Å². The zero-order valence-electron chi connectivity index (χ0n) is 5.16. The van der Waals surface area contributed by atoms with Crippen LogP contribution in [0.5, 0.6) is 0 Å². The summed E-state index contributed by atoms with van der Waals surface area (Å²) in [6.07, 6.45) is 1.64. The van der Waals surface area contributed by atoms with E-state index < -0.39 is 0 Å². The number of nitrogens with one attached hydrogen (secondary N) is 2. The van der Waals surface area contributed by atoms with E-state index in [-0.39, 0.29) is 5.56 Å². The molecule has 2 heterocycles. The molecule has 5 heteroatoms. The standard InChI is InChI=1S/C5H6N4O/c10-5-1-2-9-4(7-5)3-6-8-9/h1-2,6,8H,3H2. The maximum absolute atomic E-state index is 10.6. The van der Waals surface area contributed by atoms with E-state index in [4.69, 9.17) is 0 Å². The Labute approximate surface area is 56.6 Å². The molecule has 2 rings (SSSR count). The molecule has 10 heavy (non-hydrogen) atoms. The molecule has 1 aromatic rings. The van der Waals surface area contributed by atoms with Crippen LogP contribution in [0.4, 0.5) is 0 Å². The van der Waals surface area contributed by atoms with Crippen molar-refractivity contribution >= 4 is 0 Å². The van der Waals surface area contributed by atoms with Crippen LogP contribution in [0.2, 0.25) is 0 Å². The lowest BCUT2D eigenvalue weighted by Crippen LogP contribution is -2.19. The van der Waals surface area contributed by atoms with E-state index in [2.05, 4.69) is 15.9 Å². The number of fused-ring (bicyclic) bond motifs is 1. The summed E-state index contributed by atoms with van der Waals surface area (Å²) in [6, 6.07) is 1.41. The zero-order valence-corrected chi connectivity index (χ0v) is 5.16. The molecule has 5 nitrogen and oxygen atoms in total. The Hall–Kier alpha value is -1.36. The normalized spacial score (nSPS) is 14.4. The minimum absolute atomic E-state index is 0.197. The zero-order chi connectivity index (χ0) is 6.97. The van der Waals surface area contributed by atoms with Crippen LogP contribution in [0.25, 0.3) is 0 Å². The quantitative estimate of drug-likeness (QED) is 0.473. The van der Waals surface area contributed by atoms with Crippen molar-refractivity contribution < 1.29 is 0 Å². The van der Waals surface area contributed by atoms with E-state index in [9.17, 15) is 4.79 Å². The molecule has 0 spiro atoms. The van der Waals surface area contributed by atoms with Crippen molar-refractivity contribution in [3.63, 3.8) is 0 Å². The first kappa shape index (κ1) is 5.43. The van der Waals surface area contributed by atoms with Gasteiger partial charge in [-0.2, -0.15) is 4.98 Å². The molecule has 0 aromatic carbocycles. The molecule has 1 aliphatic heterocycles. The van der Waals surface area contributed by atoms with Crippen LogP contribution in [0.15, 0.2) is 17.1 Å². The number of aromatic nitrogens is 2. The third kappa shape index (κ3) is 0.679. The summed E-state index contributed by atoms with van der Waals surface area (Å²) in [7, 11) is 0. The Morgan fingerprint density at radius 2 is 2.60 bits per heavy atom. The summed E-state index contributed by atoms with van der Waals surface area (Å²) in [5.74, 6) is 0.715. The van der Waals surface area contributed by atoms with Crippen LogP contribution in [0.3, 0.4) is 0 Å². The highest BCUT2D eigenvalue weighted by atomic mass is 16.1. The highest BCUT2D eigenvalue weighted by molar-refractivity contribution is 4.99. The van der Waals surface area contributed by atoms with Gasteiger partial charge in [0.1, 0.15) is 5.82 Å². The highest BCUT2D eigenvalue weighted by Crippen LogP contribution is 1.93. The maximum Gasteiger partial charge on any atom is 0.273 e. The first-order chi connectivity index (χ1) is 4.86. The number of hydrogen-bond donors (Lipinski definition) is 2. The van der Waals surface area contributed by atoms with Crippen LogP contribution >= 0.6 is 0 Å².